The van der Waals surface area contributed by atoms with Crippen LogP contribution in [0.1, 0.15) is 24.8 Å². The first kappa shape index (κ1) is 22.3. The standard InChI is InChI=1S/C21H28FN3O4S/c1-28-21-19(10-11-20(23-21)29-16-15-25-13-2-3-14-25)24-30(26,27)18-8-6-17(7-9-18)5-4-12-22/h6-11,24H,2-5,12-16H2,1H3. The lowest BCUT2D eigenvalue weighted by molar-refractivity contribution is 0.230. The number of hydrogen-bond donors (Lipinski definition) is 1. The maximum absolute atomic E-state index is 12.7. The van der Waals surface area contributed by atoms with E-state index in [0.29, 0.717) is 25.3 Å². The largest absolute Gasteiger partial charge is 0.479 e. The van der Waals surface area contributed by atoms with Gasteiger partial charge < -0.3 is 9.47 Å². The third-order valence-electron chi connectivity index (χ3n) is 4.96. The molecule has 3 rings (SSSR count). The molecule has 7 nitrogen and oxygen atoms in total. The molecule has 0 radical (unpaired) electrons. The predicted molar refractivity (Wildman–Crippen MR) is 114 cm³/mol. The van der Waals surface area contributed by atoms with Crippen LogP contribution in [0.3, 0.4) is 0 Å². The number of rotatable bonds is 11. The number of pyridine rings is 1. The molecule has 0 unspecified atom stereocenters. The molecular weight excluding hydrogens is 409 g/mol. The lowest BCUT2D eigenvalue weighted by Crippen LogP contribution is -2.25. The molecule has 1 N–H and O–H groups in total. The number of likely N-dealkylation sites (tertiary alicyclic amines) is 1. The number of benzene rings is 1. The van der Waals surface area contributed by atoms with Crippen molar-refractivity contribution in [3.8, 4) is 11.8 Å². The van der Waals surface area contributed by atoms with E-state index >= 15 is 0 Å². The third-order valence-corrected chi connectivity index (χ3v) is 6.34. The van der Waals surface area contributed by atoms with E-state index < -0.39 is 16.7 Å². The summed E-state index contributed by atoms with van der Waals surface area (Å²) in [7, 11) is -2.39. The van der Waals surface area contributed by atoms with E-state index in [9.17, 15) is 12.8 Å². The average molecular weight is 438 g/mol. The smallest absolute Gasteiger partial charge is 0.262 e. The fraction of sp³-hybridized carbons (Fsp3) is 0.476. The summed E-state index contributed by atoms with van der Waals surface area (Å²) in [5.74, 6) is 0.517. The monoisotopic (exact) mass is 437 g/mol. The Labute approximate surface area is 177 Å². The summed E-state index contributed by atoms with van der Waals surface area (Å²) < 4.78 is 51.2. The number of alkyl halides is 1. The van der Waals surface area contributed by atoms with Gasteiger partial charge in [0.25, 0.3) is 10.0 Å². The van der Waals surface area contributed by atoms with E-state index in [1.54, 1.807) is 24.3 Å². The van der Waals surface area contributed by atoms with E-state index in [4.69, 9.17) is 9.47 Å². The molecule has 0 spiro atoms. The Morgan fingerprint density at radius 1 is 1.13 bits per heavy atom. The van der Waals surface area contributed by atoms with Crippen LogP contribution in [0.25, 0.3) is 0 Å². The van der Waals surface area contributed by atoms with Crippen molar-refractivity contribution in [3.05, 3.63) is 42.0 Å². The molecule has 1 aromatic carbocycles. The van der Waals surface area contributed by atoms with Gasteiger partial charge in [-0.25, -0.2) is 8.42 Å². The molecule has 1 fully saturated rings. The van der Waals surface area contributed by atoms with Crippen molar-refractivity contribution in [1.82, 2.24) is 9.88 Å². The predicted octanol–water partition coefficient (Wildman–Crippen LogP) is 3.27. The van der Waals surface area contributed by atoms with Crippen molar-refractivity contribution in [2.75, 3.05) is 44.7 Å². The van der Waals surface area contributed by atoms with Crippen LogP contribution in [0.5, 0.6) is 11.8 Å². The quantitative estimate of drug-likeness (QED) is 0.581. The summed E-state index contributed by atoms with van der Waals surface area (Å²) >= 11 is 0. The summed E-state index contributed by atoms with van der Waals surface area (Å²) in [6.07, 6.45) is 3.43. The molecule has 0 atom stereocenters. The maximum atomic E-state index is 12.7. The van der Waals surface area contributed by atoms with Crippen molar-refractivity contribution >= 4 is 15.7 Å². The lowest BCUT2D eigenvalue weighted by atomic mass is 10.1. The molecule has 1 saturated heterocycles. The molecule has 2 heterocycles. The van der Waals surface area contributed by atoms with Crippen LogP contribution in [0.2, 0.25) is 0 Å². The van der Waals surface area contributed by atoms with Gasteiger partial charge >= 0.3 is 0 Å². The Hall–Kier alpha value is -2.39. The summed E-state index contributed by atoms with van der Waals surface area (Å²) in [6, 6.07) is 9.58. The third kappa shape index (κ3) is 6.06. The van der Waals surface area contributed by atoms with Gasteiger partial charge in [-0.3, -0.25) is 14.0 Å². The van der Waals surface area contributed by atoms with Crippen LogP contribution in [0, 0.1) is 0 Å². The van der Waals surface area contributed by atoms with Gasteiger partial charge in [0.05, 0.1) is 18.7 Å². The number of aryl methyl sites for hydroxylation is 1. The highest BCUT2D eigenvalue weighted by Crippen LogP contribution is 2.27. The summed E-state index contributed by atoms with van der Waals surface area (Å²) in [5.41, 5.74) is 1.12. The molecule has 2 aromatic rings. The van der Waals surface area contributed by atoms with Gasteiger partial charge in [0, 0.05) is 12.6 Å². The molecule has 1 aromatic heterocycles. The molecule has 9 heteroatoms. The molecule has 0 amide bonds. The Morgan fingerprint density at radius 2 is 1.87 bits per heavy atom. The van der Waals surface area contributed by atoms with Crippen molar-refractivity contribution in [1.29, 1.82) is 0 Å². The topological polar surface area (TPSA) is 80.8 Å². The molecule has 1 aliphatic heterocycles. The molecular formula is C21H28FN3O4S. The second-order valence-corrected chi connectivity index (χ2v) is 8.83. The fourth-order valence-corrected chi connectivity index (χ4v) is 4.39. The first-order valence-electron chi connectivity index (χ1n) is 10.1. The Balaban J connectivity index is 1.64. The van der Waals surface area contributed by atoms with Gasteiger partial charge in [0.1, 0.15) is 12.3 Å². The van der Waals surface area contributed by atoms with Crippen molar-refractivity contribution < 1.29 is 22.3 Å². The second kappa shape index (κ2) is 10.6. The second-order valence-electron chi connectivity index (χ2n) is 7.15. The number of sulfonamides is 1. The minimum Gasteiger partial charge on any atom is -0.479 e. The molecule has 30 heavy (non-hydrogen) atoms. The maximum Gasteiger partial charge on any atom is 0.262 e. The molecule has 164 valence electrons. The van der Waals surface area contributed by atoms with Gasteiger partial charge in [-0.2, -0.15) is 4.98 Å². The van der Waals surface area contributed by atoms with Crippen LogP contribution in [-0.2, 0) is 16.4 Å². The fourth-order valence-electron chi connectivity index (χ4n) is 3.33. The Bertz CT molecular complexity index is 916. The number of halogens is 1. The molecule has 0 bridgehead atoms. The highest BCUT2D eigenvalue weighted by atomic mass is 32.2. The first-order valence-corrected chi connectivity index (χ1v) is 11.6. The zero-order chi connectivity index (χ0) is 21.4. The SMILES string of the molecule is COc1nc(OCCN2CCCC2)ccc1NS(=O)(=O)c1ccc(CCCF)cc1. The van der Waals surface area contributed by atoms with E-state index in [0.717, 1.165) is 25.2 Å². The van der Waals surface area contributed by atoms with E-state index in [1.165, 1.54) is 32.1 Å². The van der Waals surface area contributed by atoms with Crippen molar-refractivity contribution in [2.45, 2.75) is 30.6 Å². The average Bonchev–Trinajstić information content (AvgIpc) is 3.27. The number of hydrogen-bond acceptors (Lipinski definition) is 6. The van der Waals surface area contributed by atoms with Crippen LogP contribution in [-0.4, -0.2) is 58.3 Å². The van der Waals surface area contributed by atoms with Crippen molar-refractivity contribution in [2.24, 2.45) is 0 Å². The number of nitrogens with one attached hydrogen (secondary N) is 1. The molecule has 1 aliphatic rings. The summed E-state index contributed by atoms with van der Waals surface area (Å²) in [4.78, 5) is 6.70. The van der Waals surface area contributed by atoms with E-state index in [1.807, 2.05) is 0 Å². The Kier molecular flexibility index (Phi) is 7.87. The Morgan fingerprint density at radius 3 is 2.53 bits per heavy atom. The normalized spacial score (nSPS) is 14.6. The summed E-state index contributed by atoms with van der Waals surface area (Å²) in [6.45, 7) is 3.14. The van der Waals surface area contributed by atoms with Crippen LogP contribution in [0.15, 0.2) is 41.3 Å². The zero-order valence-corrected chi connectivity index (χ0v) is 18.0. The van der Waals surface area contributed by atoms with Crippen LogP contribution >= 0.6 is 0 Å². The van der Waals surface area contributed by atoms with Gasteiger partial charge in [-0.1, -0.05) is 12.1 Å². The van der Waals surface area contributed by atoms with Gasteiger partial charge in [-0.15, -0.1) is 0 Å². The lowest BCUT2D eigenvalue weighted by Gasteiger charge is -2.16. The first-order chi connectivity index (χ1) is 14.5. The van der Waals surface area contributed by atoms with Gasteiger partial charge in [0.15, 0.2) is 0 Å². The number of anilines is 1. The number of nitrogens with zero attached hydrogens (tertiary/aromatic N) is 2. The molecule has 0 aliphatic carbocycles. The highest BCUT2D eigenvalue weighted by Gasteiger charge is 2.18. The van der Waals surface area contributed by atoms with Gasteiger partial charge in [0.2, 0.25) is 11.8 Å². The number of methoxy groups -OCH3 is 1. The number of aromatic nitrogens is 1. The minimum absolute atomic E-state index is 0.111. The molecule has 0 saturated carbocycles. The van der Waals surface area contributed by atoms with Gasteiger partial charge in [-0.05, 0) is 62.5 Å². The van der Waals surface area contributed by atoms with Crippen LogP contribution in [0.4, 0.5) is 10.1 Å². The van der Waals surface area contributed by atoms with Crippen molar-refractivity contribution in [3.63, 3.8) is 0 Å². The highest BCUT2D eigenvalue weighted by molar-refractivity contribution is 7.92. The summed E-state index contributed by atoms with van der Waals surface area (Å²) in [5, 5.41) is 0. The minimum atomic E-state index is -3.82. The zero-order valence-electron chi connectivity index (χ0n) is 17.1. The van der Waals surface area contributed by atoms with E-state index in [2.05, 4.69) is 14.6 Å². The van der Waals surface area contributed by atoms with Crippen LogP contribution < -0.4 is 14.2 Å². The number of ether oxygens (including phenoxy) is 2. The van der Waals surface area contributed by atoms with E-state index in [-0.39, 0.29) is 16.5 Å².